The van der Waals surface area contributed by atoms with Crippen LogP contribution in [0.15, 0.2) is 67.4 Å². The molecule has 33 heavy (non-hydrogen) atoms. The lowest BCUT2D eigenvalue weighted by Gasteiger charge is -2.09. The van der Waals surface area contributed by atoms with E-state index in [9.17, 15) is 8.78 Å². The maximum absolute atomic E-state index is 15.2. The molecule has 0 aliphatic carbocycles. The molecule has 4 rings (SSSR count). The largest absolute Gasteiger partial charge is 0.237 e. The van der Waals surface area contributed by atoms with Crippen molar-refractivity contribution in [3.63, 3.8) is 0 Å². The molecule has 0 aliphatic rings. The SMILES string of the molecule is C=CCCc1ccnc(-c2ccc3c(F)c(CCc4cc(F)c(C#N)c(F)c4)ccc3c2)n1. The van der Waals surface area contributed by atoms with Crippen molar-refractivity contribution in [2.45, 2.75) is 25.7 Å². The van der Waals surface area contributed by atoms with Gasteiger partial charge in [-0.05, 0) is 66.5 Å². The summed E-state index contributed by atoms with van der Waals surface area (Å²) in [6, 6.07) is 14.4. The number of aromatic nitrogens is 2. The molecule has 0 radical (unpaired) electrons. The van der Waals surface area contributed by atoms with E-state index >= 15 is 4.39 Å². The Labute approximate surface area is 189 Å². The maximum Gasteiger partial charge on any atom is 0.159 e. The van der Waals surface area contributed by atoms with E-state index in [0.29, 0.717) is 27.7 Å². The Bertz CT molecular complexity index is 1370. The second-order valence-electron chi connectivity index (χ2n) is 7.72. The Kier molecular flexibility index (Phi) is 6.50. The molecular formula is C27H20F3N3. The van der Waals surface area contributed by atoms with Crippen LogP contribution in [0.2, 0.25) is 0 Å². The molecule has 0 aliphatic heterocycles. The summed E-state index contributed by atoms with van der Waals surface area (Å²) in [7, 11) is 0. The average molecular weight is 443 g/mol. The van der Waals surface area contributed by atoms with Crippen LogP contribution in [0.5, 0.6) is 0 Å². The van der Waals surface area contributed by atoms with E-state index in [1.165, 1.54) is 6.07 Å². The van der Waals surface area contributed by atoms with Crippen LogP contribution in [0.3, 0.4) is 0 Å². The molecule has 6 heteroatoms. The summed E-state index contributed by atoms with van der Waals surface area (Å²) in [6.45, 7) is 3.73. The molecule has 0 spiro atoms. The Morgan fingerprint density at radius 1 is 0.939 bits per heavy atom. The first-order valence-electron chi connectivity index (χ1n) is 10.5. The summed E-state index contributed by atoms with van der Waals surface area (Å²) in [5.74, 6) is -1.60. The molecule has 0 fully saturated rings. The highest BCUT2D eigenvalue weighted by Crippen LogP contribution is 2.27. The highest BCUT2D eigenvalue weighted by Gasteiger charge is 2.13. The lowest BCUT2D eigenvalue weighted by molar-refractivity contribution is 0.572. The van der Waals surface area contributed by atoms with Crippen LogP contribution in [-0.4, -0.2) is 9.97 Å². The fourth-order valence-corrected chi connectivity index (χ4v) is 3.75. The van der Waals surface area contributed by atoms with Crippen LogP contribution in [0.1, 0.15) is 28.8 Å². The van der Waals surface area contributed by atoms with Crippen molar-refractivity contribution < 1.29 is 13.2 Å². The van der Waals surface area contributed by atoms with E-state index in [2.05, 4.69) is 16.5 Å². The maximum atomic E-state index is 15.2. The number of hydrogen-bond acceptors (Lipinski definition) is 3. The van der Waals surface area contributed by atoms with Gasteiger partial charge in [-0.2, -0.15) is 5.26 Å². The van der Waals surface area contributed by atoms with E-state index in [1.807, 2.05) is 24.3 Å². The highest BCUT2D eigenvalue weighted by molar-refractivity contribution is 5.87. The van der Waals surface area contributed by atoms with Gasteiger partial charge >= 0.3 is 0 Å². The fraction of sp³-hybridized carbons (Fsp3) is 0.148. The standard InChI is InChI=1S/C27H20F3N3/c1-2-3-4-21-11-12-32-27(33-21)20-9-10-22-19(15-20)8-7-18(26(22)30)6-5-17-13-24(28)23(16-31)25(29)14-17/h2,7-15H,1,3-6H2. The number of halogens is 3. The third kappa shape index (κ3) is 4.78. The Hall–Kier alpha value is -3.98. The summed E-state index contributed by atoms with van der Waals surface area (Å²) in [5, 5.41) is 9.95. The van der Waals surface area contributed by atoms with Crippen LogP contribution in [0, 0.1) is 28.8 Å². The average Bonchev–Trinajstić information content (AvgIpc) is 2.82. The number of nitriles is 1. The quantitative estimate of drug-likeness (QED) is 0.307. The number of allylic oxidation sites excluding steroid dienone is 1. The van der Waals surface area contributed by atoms with Crippen molar-refractivity contribution >= 4 is 10.8 Å². The van der Waals surface area contributed by atoms with Crippen molar-refractivity contribution in [2.24, 2.45) is 0 Å². The number of rotatable bonds is 7. The van der Waals surface area contributed by atoms with Crippen molar-refractivity contribution in [1.29, 1.82) is 5.26 Å². The zero-order chi connectivity index (χ0) is 23.4. The molecule has 164 valence electrons. The first-order valence-corrected chi connectivity index (χ1v) is 10.5. The summed E-state index contributed by atoms with van der Waals surface area (Å²) in [5.41, 5.74) is 1.91. The highest BCUT2D eigenvalue weighted by atomic mass is 19.1. The minimum absolute atomic E-state index is 0.241. The predicted octanol–water partition coefficient (Wildman–Crippen LogP) is 6.49. The lowest BCUT2D eigenvalue weighted by Crippen LogP contribution is -1.99. The van der Waals surface area contributed by atoms with Crippen molar-refractivity contribution in [1.82, 2.24) is 9.97 Å². The molecule has 0 bridgehead atoms. The molecule has 3 aromatic carbocycles. The van der Waals surface area contributed by atoms with Gasteiger partial charge in [-0.15, -0.1) is 6.58 Å². The molecular weight excluding hydrogens is 423 g/mol. The van der Waals surface area contributed by atoms with Crippen molar-refractivity contribution in [3.8, 4) is 17.5 Å². The summed E-state index contributed by atoms with van der Waals surface area (Å²) < 4.78 is 42.8. The number of benzene rings is 3. The Balaban J connectivity index is 1.58. The molecule has 4 aromatic rings. The van der Waals surface area contributed by atoms with E-state index in [4.69, 9.17) is 5.26 Å². The molecule has 0 saturated carbocycles. The van der Waals surface area contributed by atoms with Crippen molar-refractivity contribution in [3.05, 3.63) is 107 Å². The van der Waals surface area contributed by atoms with Crippen LogP contribution >= 0.6 is 0 Å². The molecule has 0 unspecified atom stereocenters. The van der Waals surface area contributed by atoms with Gasteiger partial charge in [0.2, 0.25) is 0 Å². The smallest absolute Gasteiger partial charge is 0.159 e. The molecule has 0 saturated heterocycles. The van der Waals surface area contributed by atoms with Gasteiger partial charge < -0.3 is 0 Å². The van der Waals surface area contributed by atoms with Gasteiger partial charge in [0.25, 0.3) is 0 Å². The van der Waals surface area contributed by atoms with Gasteiger partial charge in [0.05, 0.1) is 0 Å². The van der Waals surface area contributed by atoms with Gasteiger partial charge in [0.1, 0.15) is 29.1 Å². The van der Waals surface area contributed by atoms with Gasteiger partial charge in [-0.1, -0.05) is 30.3 Å². The van der Waals surface area contributed by atoms with Gasteiger partial charge in [-0.25, -0.2) is 23.1 Å². The van der Waals surface area contributed by atoms with Crippen LogP contribution in [-0.2, 0) is 19.3 Å². The van der Waals surface area contributed by atoms with E-state index in [-0.39, 0.29) is 18.7 Å². The number of fused-ring (bicyclic) bond motifs is 1. The van der Waals surface area contributed by atoms with E-state index < -0.39 is 17.2 Å². The zero-order valence-corrected chi connectivity index (χ0v) is 17.8. The lowest BCUT2D eigenvalue weighted by atomic mass is 9.98. The predicted molar refractivity (Wildman–Crippen MR) is 122 cm³/mol. The number of hydrogen-bond donors (Lipinski definition) is 0. The first-order chi connectivity index (χ1) is 16.0. The molecule has 3 nitrogen and oxygen atoms in total. The summed E-state index contributed by atoms with van der Waals surface area (Å²) in [4.78, 5) is 8.92. The second kappa shape index (κ2) is 9.66. The molecule has 0 atom stereocenters. The minimum atomic E-state index is -0.908. The van der Waals surface area contributed by atoms with Crippen LogP contribution < -0.4 is 0 Å². The fourth-order valence-electron chi connectivity index (χ4n) is 3.75. The summed E-state index contributed by atoms with van der Waals surface area (Å²) in [6.07, 6.45) is 5.66. The molecule has 1 aromatic heterocycles. The molecule has 0 amide bonds. The van der Waals surface area contributed by atoms with E-state index in [1.54, 1.807) is 24.4 Å². The molecule has 0 N–H and O–H groups in total. The first kappa shape index (κ1) is 22.2. The second-order valence-corrected chi connectivity index (χ2v) is 7.72. The number of aryl methyl sites for hydroxylation is 3. The summed E-state index contributed by atoms with van der Waals surface area (Å²) >= 11 is 0. The topological polar surface area (TPSA) is 49.6 Å². The minimum Gasteiger partial charge on any atom is -0.237 e. The van der Waals surface area contributed by atoms with Gasteiger partial charge in [-0.3, -0.25) is 0 Å². The third-order valence-corrected chi connectivity index (χ3v) is 5.51. The van der Waals surface area contributed by atoms with Crippen LogP contribution in [0.25, 0.3) is 22.2 Å². The van der Waals surface area contributed by atoms with Gasteiger partial charge in [0.15, 0.2) is 5.82 Å². The number of nitrogens with zero attached hydrogens (tertiary/aromatic N) is 3. The Morgan fingerprint density at radius 3 is 2.45 bits per heavy atom. The van der Waals surface area contributed by atoms with Gasteiger partial charge in [0, 0.05) is 22.8 Å². The van der Waals surface area contributed by atoms with Crippen molar-refractivity contribution in [2.75, 3.05) is 0 Å². The van der Waals surface area contributed by atoms with Crippen LogP contribution in [0.4, 0.5) is 13.2 Å². The Morgan fingerprint density at radius 2 is 1.73 bits per heavy atom. The molecule has 1 heterocycles. The normalized spacial score (nSPS) is 10.8. The monoisotopic (exact) mass is 443 g/mol. The van der Waals surface area contributed by atoms with E-state index in [0.717, 1.165) is 36.2 Å². The third-order valence-electron chi connectivity index (χ3n) is 5.51. The zero-order valence-electron chi connectivity index (χ0n) is 17.8.